The molecule has 0 aliphatic heterocycles. The van der Waals surface area contributed by atoms with Crippen molar-refractivity contribution in [3.05, 3.63) is 57.9 Å². The number of fused-ring (bicyclic) bond motifs is 1. The van der Waals surface area contributed by atoms with Gasteiger partial charge in [0.25, 0.3) is 5.91 Å². The number of carbonyl (C=O) groups is 1. The maximum Gasteiger partial charge on any atom is 0.267 e. The van der Waals surface area contributed by atoms with E-state index < -0.39 is 0 Å². The number of nitrogen functional groups attached to an aromatic ring is 1. The third-order valence-electron chi connectivity index (χ3n) is 3.22. The lowest BCUT2D eigenvalue weighted by Gasteiger charge is -2.04. The lowest BCUT2D eigenvalue weighted by atomic mass is 10.2. The van der Waals surface area contributed by atoms with Crippen LogP contribution in [-0.4, -0.2) is 5.91 Å². The van der Waals surface area contributed by atoms with Crippen LogP contribution in [0, 0.1) is 6.92 Å². The Morgan fingerprint density at radius 1 is 1.19 bits per heavy atom. The molecule has 0 radical (unpaired) electrons. The van der Waals surface area contributed by atoms with Crippen LogP contribution in [0.1, 0.15) is 15.2 Å². The molecule has 0 bridgehead atoms. The van der Waals surface area contributed by atoms with Crippen LogP contribution < -0.4 is 11.1 Å². The molecule has 2 aromatic carbocycles. The number of hydrogen-bond donors (Lipinski definition) is 2. The van der Waals surface area contributed by atoms with E-state index in [9.17, 15) is 4.79 Å². The van der Waals surface area contributed by atoms with E-state index in [4.69, 9.17) is 17.3 Å². The predicted octanol–water partition coefficient (Wildman–Crippen LogP) is 4.70. The molecule has 0 unspecified atom stereocenters. The Morgan fingerprint density at radius 3 is 2.57 bits per heavy atom. The zero-order valence-corrected chi connectivity index (χ0v) is 12.9. The summed E-state index contributed by atoms with van der Waals surface area (Å²) in [7, 11) is 0. The number of halogens is 1. The quantitative estimate of drug-likeness (QED) is 0.720. The second-order valence-electron chi connectivity index (χ2n) is 4.78. The van der Waals surface area contributed by atoms with Gasteiger partial charge in [-0.3, -0.25) is 4.79 Å². The van der Waals surface area contributed by atoms with Crippen LogP contribution in [0.25, 0.3) is 10.1 Å². The van der Waals surface area contributed by atoms with Crippen molar-refractivity contribution in [1.82, 2.24) is 0 Å². The Kier molecular flexibility index (Phi) is 3.57. The Bertz CT molecular complexity index is 824. The smallest absolute Gasteiger partial charge is 0.267 e. The van der Waals surface area contributed by atoms with Crippen LogP contribution in [0.5, 0.6) is 0 Å². The van der Waals surface area contributed by atoms with Crippen molar-refractivity contribution >= 4 is 50.3 Å². The molecule has 0 saturated carbocycles. The largest absolute Gasteiger partial charge is 0.397 e. The number of aryl methyl sites for hydroxylation is 1. The Labute approximate surface area is 131 Å². The average Bonchev–Trinajstić information content (AvgIpc) is 2.80. The van der Waals surface area contributed by atoms with Gasteiger partial charge in [-0.25, -0.2) is 0 Å². The van der Waals surface area contributed by atoms with Crippen molar-refractivity contribution in [3.8, 4) is 0 Å². The first kappa shape index (κ1) is 13.9. The number of hydrogen-bond acceptors (Lipinski definition) is 3. The molecule has 1 heterocycles. The van der Waals surface area contributed by atoms with Crippen molar-refractivity contribution in [3.63, 3.8) is 0 Å². The molecule has 1 aromatic heterocycles. The zero-order chi connectivity index (χ0) is 15.0. The fraction of sp³-hybridized carbons (Fsp3) is 0.0625. The summed E-state index contributed by atoms with van der Waals surface area (Å²) in [4.78, 5) is 12.9. The standard InChI is InChI=1S/C16H13ClN2OS/c1-9-5-7-10(8-6-9)19-16(20)15-14(18)13-11(17)3-2-4-12(13)21-15/h2-8H,18H2,1H3,(H,19,20). The van der Waals surface area contributed by atoms with Crippen LogP contribution in [-0.2, 0) is 0 Å². The predicted molar refractivity (Wildman–Crippen MR) is 90.4 cm³/mol. The molecule has 0 aliphatic carbocycles. The number of rotatable bonds is 2. The molecule has 3 N–H and O–H groups in total. The van der Waals surface area contributed by atoms with E-state index in [1.165, 1.54) is 11.3 Å². The number of amides is 1. The molecule has 5 heteroatoms. The maximum absolute atomic E-state index is 12.4. The highest BCUT2D eigenvalue weighted by molar-refractivity contribution is 7.21. The molecule has 1 amide bonds. The number of benzene rings is 2. The van der Waals surface area contributed by atoms with Gasteiger partial charge in [-0.05, 0) is 31.2 Å². The Morgan fingerprint density at radius 2 is 1.90 bits per heavy atom. The molecule has 3 rings (SSSR count). The average molecular weight is 317 g/mol. The third-order valence-corrected chi connectivity index (χ3v) is 4.70. The Hall–Kier alpha value is -2.04. The SMILES string of the molecule is Cc1ccc(NC(=O)c2sc3cccc(Cl)c3c2N)cc1. The first-order chi connectivity index (χ1) is 10.1. The van der Waals surface area contributed by atoms with Gasteiger partial charge in [-0.2, -0.15) is 0 Å². The fourth-order valence-electron chi connectivity index (χ4n) is 2.12. The van der Waals surface area contributed by atoms with Gasteiger partial charge < -0.3 is 11.1 Å². The van der Waals surface area contributed by atoms with Gasteiger partial charge in [0.05, 0.1) is 10.7 Å². The van der Waals surface area contributed by atoms with Gasteiger partial charge in [0.2, 0.25) is 0 Å². The number of nitrogens with one attached hydrogen (secondary N) is 1. The zero-order valence-electron chi connectivity index (χ0n) is 11.3. The van der Waals surface area contributed by atoms with Gasteiger partial charge in [0, 0.05) is 15.8 Å². The summed E-state index contributed by atoms with van der Waals surface area (Å²) in [6.45, 7) is 2.00. The van der Waals surface area contributed by atoms with Crippen LogP contribution in [0.3, 0.4) is 0 Å². The first-order valence-electron chi connectivity index (χ1n) is 6.41. The normalized spacial score (nSPS) is 10.8. The van der Waals surface area contributed by atoms with Crippen LogP contribution in [0.15, 0.2) is 42.5 Å². The molecule has 3 aromatic rings. The van der Waals surface area contributed by atoms with Gasteiger partial charge in [0.15, 0.2) is 0 Å². The summed E-state index contributed by atoms with van der Waals surface area (Å²) in [5.41, 5.74) is 8.40. The van der Waals surface area contributed by atoms with E-state index in [1.807, 2.05) is 43.3 Å². The maximum atomic E-state index is 12.4. The van der Waals surface area contributed by atoms with E-state index in [-0.39, 0.29) is 5.91 Å². The lowest BCUT2D eigenvalue weighted by molar-refractivity contribution is 0.103. The van der Waals surface area contributed by atoms with Crippen LogP contribution in [0.2, 0.25) is 5.02 Å². The molecule has 0 aliphatic rings. The molecule has 0 fully saturated rings. The van der Waals surface area contributed by atoms with Crippen molar-refractivity contribution in [2.24, 2.45) is 0 Å². The summed E-state index contributed by atoms with van der Waals surface area (Å²) in [5, 5.41) is 4.17. The third kappa shape index (κ3) is 2.60. The molecule has 0 atom stereocenters. The van der Waals surface area contributed by atoms with Crippen molar-refractivity contribution in [2.75, 3.05) is 11.1 Å². The summed E-state index contributed by atoms with van der Waals surface area (Å²) < 4.78 is 0.911. The highest BCUT2D eigenvalue weighted by Gasteiger charge is 2.18. The molecule has 106 valence electrons. The first-order valence-corrected chi connectivity index (χ1v) is 7.60. The van der Waals surface area contributed by atoms with Crippen molar-refractivity contribution < 1.29 is 4.79 Å². The molecular formula is C16H13ClN2OS. The summed E-state index contributed by atoms with van der Waals surface area (Å²) >= 11 is 7.50. The number of nitrogens with two attached hydrogens (primary N) is 1. The molecule has 21 heavy (non-hydrogen) atoms. The number of anilines is 2. The van der Waals surface area contributed by atoms with E-state index in [2.05, 4.69) is 5.32 Å². The van der Waals surface area contributed by atoms with E-state index in [1.54, 1.807) is 6.07 Å². The molecule has 0 saturated heterocycles. The summed E-state index contributed by atoms with van der Waals surface area (Å²) in [6.07, 6.45) is 0. The van der Waals surface area contributed by atoms with Gasteiger partial charge in [-0.1, -0.05) is 35.4 Å². The summed E-state index contributed by atoms with van der Waals surface area (Å²) in [6, 6.07) is 13.1. The van der Waals surface area contributed by atoms with Crippen molar-refractivity contribution in [1.29, 1.82) is 0 Å². The Balaban J connectivity index is 1.96. The van der Waals surface area contributed by atoms with Gasteiger partial charge in [0.1, 0.15) is 4.88 Å². The monoisotopic (exact) mass is 316 g/mol. The van der Waals surface area contributed by atoms with E-state index in [0.717, 1.165) is 21.3 Å². The number of carbonyl (C=O) groups excluding carboxylic acids is 1. The van der Waals surface area contributed by atoms with Crippen LogP contribution >= 0.6 is 22.9 Å². The molecule has 3 nitrogen and oxygen atoms in total. The minimum atomic E-state index is -0.214. The van der Waals surface area contributed by atoms with Crippen LogP contribution in [0.4, 0.5) is 11.4 Å². The number of thiophene rings is 1. The molecular weight excluding hydrogens is 304 g/mol. The minimum Gasteiger partial charge on any atom is -0.397 e. The van der Waals surface area contributed by atoms with Gasteiger partial charge >= 0.3 is 0 Å². The van der Waals surface area contributed by atoms with E-state index in [0.29, 0.717) is 15.6 Å². The highest BCUT2D eigenvalue weighted by atomic mass is 35.5. The second-order valence-corrected chi connectivity index (χ2v) is 6.24. The molecule has 0 spiro atoms. The second kappa shape index (κ2) is 5.39. The van der Waals surface area contributed by atoms with Crippen molar-refractivity contribution in [2.45, 2.75) is 6.92 Å². The van der Waals surface area contributed by atoms with E-state index >= 15 is 0 Å². The summed E-state index contributed by atoms with van der Waals surface area (Å²) in [5.74, 6) is -0.214. The highest BCUT2D eigenvalue weighted by Crippen LogP contribution is 2.38. The topological polar surface area (TPSA) is 55.1 Å². The van der Waals surface area contributed by atoms with Gasteiger partial charge in [-0.15, -0.1) is 11.3 Å². The fourth-order valence-corrected chi connectivity index (χ4v) is 3.50. The minimum absolute atomic E-state index is 0.214. The lowest BCUT2D eigenvalue weighted by Crippen LogP contribution is -2.11.